The molecule has 0 atom stereocenters. The van der Waals surface area contributed by atoms with Crippen LogP contribution < -0.4 is 16.0 Å². The average Bonchev–Trinajstić information content (AvgIpc) is 3.02. The number of nitrogen functional groups attached to an aromatic ring is 1. The second-order valence-electron chi connectivity index (χ2n) is 3.17. The number of hydrogen-bond acceptors (Lipinski definition) is 4. The highest BCUT2D eigenvalue weighted by Crippen LogP contribution is 2.25. The molecule has 0 bridgehead atoms. The van der Waals surface area contributed by atoms with Gasteiger partial charge in [-0.1, -0.05) is 0 Å². The molecule has 0 unspecified atom stereocenters. The van der Waals surface area contributed by atoms with Crippen molar-refractivity contribution >= 4 is 5.91 Å². The van der Waals surface area contributed by atoms with Gasteiger partial charge in [-0.05, 0) is 25.0 Å². The lowest BCUT2D eigenvalue weighted by atomic mass is 10.3. The van der Waals surface area contributed by atoms with Crippen LogP contribution in [0.15, 0.2) is 18.3 Å². The van der Waals surface area contributed by atoms with Gasteiger partial charge in [0.15, 0.2) is 0 Å². The lowest BCUT2D eigenvalue weighted by Gasteiger charge is -2.03. The number of nitrogens with two attached hydrogens (primary N) is 1. The molecule has 1 amide bonds. The SMILES string of the molecule is NNC(=O)c1ccc(OC2CC2)cn1. The van der Waals surface area contributed by atoms with E-state index in [9.17, 15) is 4.79 Å². The first-order valence-corrected chi connectivity index (χ1v) is 4.43. The van der Waals surface area contributed by atoms with Crippen molar-refractivity contribution in [3.63, 3.8) is 0 Å². The predicted molar refractivity (Wildman–Crippen MR) is 49.5 cm³/mol. The maximum absolute atomic E-state index is 11.0. The summed E-state index contributed by atoms with van der Waals surface area (Å²) in [5.74, 6) is 5.26. The highest BCUT2D eigenvalue weighted by molar-refractivity contribution is 5.91. The molecule has 1 saturated carbocycles. The Morgan fingerprint density at radius 1 is 1.57 bits per heavy atom. The molecule has 74 valence electrons. The third-order valence-electron chi connectivity index (χ3n) is 1.93. The minimum absolute atomic E-state index is 0.288. The monoisotopic (exact) mass is 193 g/mol. The van der Waals surface area contributed by atoms with Crippen LogP contribution >= 0.6 is 0 Å². The minimum Gasteiger partial charge on any atom is -0.489 e. The number of carbonyl (C=O) groups is 1. The van der Waals surface area contributed by atoms with Gasteiger partial charge in [0.2, 0.25) is 0 Å². The maximum Gasteiger partial charge on any atom is 0.283 e. The van der Waals surface area contributed by atoms with Crippen LogP contribution in [0.3, 0.4) is 0 Å². The fourth-order valence-electron chi connectivity index (χ4n) is 1.04. The van der Waals surface area contributed by atoms with E-state index in [1.165, 1.54) is 6.20 Å². The van der Waals surface area contributed by atoms with E-state index in [1.54, 1.807) is 12.1 Å². The van der Waals surface area contributed by atoms with Crippen LogP contribution in [0, 0.1) is 0 Å². The third kappa shape index (κ3) is 2.00. The molecule has 1 heterocycles. The lowest BCUT2D eigenvalue weighted by Crippen LogP contribution is -2.30. The van der Waals surface area contributed by atoms with Crippen molar-refractivity contribution in [3.05, 3.63) is 24.0 Å². The number of rotatable bonds is 3. The van der Waals surface area contributed by atoms with Crippen molar-refractivity contribution in [2.75, 3.05) is 0 Å². The molecule has 1 fully saturated rings. The van der Waals surface area contributed by atoms with Crippen LogP contribution in [-0.4, -0.2) is 17.0 Å². The summed E-state index contributed by atoms with van der Waals surface area (Å²) in [6.45, 7) is 0. The molecule has 1 aromatic heterocycles. The summed E-state index contributed by atoms with van der Waals surface area (Å²) < 4.78 is 5.47. The van der Waals surface area contributed by atoms with Crippen molar-refractivity contribution in [3.8, 4) is 5.75 Å². The van der Waals surface area contributed by atoms with Crippen LogP contribution in [0.25, 0.3) is 0 Å². The molecule has 0 aromatic carbocycles. The average molecular weight is 193 g/mol. The molecular weight excluding hydrogens is 182 g/mol. The first kappa shape index (κ1) is 8.96. The van der Waals surface area contributed by atoms with Gasteiger partial charge in [-0.25, -0.2) is 10.8 Å². The quantitative estimate of drug-likeness (QED) is 0.409. The van der Waals surface area contributed by atoms with Crippen molar-refractivity contribution in [1.29, 1.82) is 0 Å². The van der Waals surface area contributed by atoms with E-state index in [-0.39, 0.29) is 5.69 Å². The summed E-state index contributed by atoms with van der Waals surface area (Å²) >= 11 is 0. The number of aromatic nitrogens is 1. The number of ether oxygens (including phenoxy) is 1. The zero-order chi connectivity index (χ0) is 9.97. The Morgan fingerprint density at radius 2 is 2.36 bits per heavy atom. The minimum atomic E-state index is -0.400. The molecule has 0 radical (unpaired) electrons. The molecule has 1 aliphatic rings. The Morgan fingerprint density at radius 3 is 2.86 bits per heavy atom. The molecule has 0 aliphatic heterocycles. The van der Waals surface area contributed by atoms with E-state index in [2.05, 4.69) is 4.98 Å². The van der Waals surface area contributed by atoms with Gasteiger partial charge < -0.3 is 4.74 Å². The second-order valence-corrected chi connectivity index (χ2v) is 3.17. The van der Waals surface area contributed by atoms with Gasteiger partial charge in [0, 0.05) is 0 Å². The van der Waals surface area contributed by atoms with E-state index < -0.39 is 5.91 Å². The topological polar surface area (TPSA) is 77.2 Å². The Labute approximate surface area is 81.2 Å². The van der Waals surface area contributed by atoms with Gasteiger partial charge in [-0.2, -0.15) is 0 Å². The Balaban J connectivity index is 2.04. The number of amides is 1. The number of hydrazine groups is 1. The van der Waals surface area contributed by atoms with Crippen LogP contribution in [0.4, 0.5) is 0 Å². The van der Waals surface area contributed by atoms with Gasteiger partial charge in [0.1, 0.15) is 11.4 Å². The highest BCUT2D eigenvalue weighted by Gasteiger charge is 2.23. The summed E-state index contributed by atoms with van der Waals surface area (Å²) in [5.41, 5.74) is 2.30. The maximum atomic E-state index is 11.0. The van der Waals surface area contributed by atoms with E-state index in [0.29, 0.717) is 11.9 Å². The molecular formula is C9H11N3O2. The second kappa shape index (κ2) is 3.63. The summed E-state index contributed by atoms with van der Waals surface area (Å²) in [4.78, 5) is 14.9. The Hall–Kier alpha value is -1.62. The summed E-state index contributed by atoms with van der Waals surface area (Å²) in [7, 11) is 0. The predicted octanol–water partition coefficient (Wildman–Crippen LogP) is 0.226. The number of nitrogens with one attached hydrogen (secondary N) is 1. The van der Waals surface area contributed by atoms with Gasteiger partial charge in [0.05, 0.1) is 12.3 Å². The molecule has 14 heavy (non-hydrogen) atoms. The summed E-state index contributed by atoms with van der Waals surface area (Å²) in [5, 5.41) is 0. The molecule has 0 saturated heterocycles. The smallest absolute Gasteiger partial charge is 0.283 e. The summed E-state index contributed by atoms with van der Waals surface area (Å²) in [6.07, 6.45) is 4.07. The van der Waals surface area contributed by atoms with Crippen LogP contribution in [0.2, 0.25) is 0 Å². The van der Waals surface area contributed by atoms with E-state index in [0.717, 1.165) is 12.8 Å². The van der Waals surface area contributed by atoms with Crippen LogP contribution in [-0.2, 0) is 0 Å². The van der Waals surface area contributed by atoms with Gasteiger partial charge in [0.25, 0.3) is 5.91 Å². The number of pyridine rings is 1. The van der Waals surface area contributed by atoms with Crippen LogP contribution in [0.5, 0.6) is 5.75 Å². The van der Waals surface area contributed by atoms with E-state index >= 15 is 0 Å². The van der Waals surface area contributed by atoms with Crippen molar-refractivity contribution in [2.45, 2.75) is 18.9 Å². The molecule has 5 nitrogen and oxygen atoms in total. The number of nitrogens with zero attached hydrogens (tertiary/aromatic N) is 1. The van der Waals surface area contributed by atoms with Gasteiger partial charge in [-0.15, -0.1) is 0 Å². The van der Waals surface area contributed by atoms with E-state index in [4.69, 9.17) is 10.6 Å². The molecule has 2 rings (SSSR count). The van der Waals surface area contributed by atoms with Crippen LogP contribution in [0.1, 0.15) is 23.3 Å². The van der Waals surface area contributed by atoms with Crippen molar-refractivity contribution in [1.82, 2.24) is 10.4 Å². The first-order valence-electron chi connectivity index (χ1n) is 4.43. The number of carbonyl (C=O) groups excluding carboxylic acids is 1. The standard InChI is InChI=1S/C9H11N3O2/c10-12-9(13)8-4-3-7(5-11-8)14-6-1-2-6/h3-6H,1-2,10H2,(H,12,13). The highest BCUT2D eigenvalue weighted by atomic mass is 16.5. The molecule has 3 N–H and O–H groups in total. The van der Waals surface area contributed by atoms with Crippen molar-refractivity contribution in [2.24, 2.45) is 5.84 Å². The number of hydrogen-bond donors (Lipinski definition) is 2. The van der Waals surface area contributed by atoms with Gasteiger partial charge >= 0.3 is 0 Å². The fraction of sp³-hybridized carbons (Fsp3) is 0.333. The van der Waals surface area contributed by atoms with Crippen molar-refractivity contribution < 1.29 is 9.53 Å². The van der Waals surface area contributed by atoms with E-state index in [1.807, 2.05) is 5.43 Å². The molecule has 0 spiro atoms. The van der Waals surface area contributed by atoms with Gasteiger partial charge in [-0.3, -0.25) is 10.2 Å². The summed E-state index contributed by atoms with van der Waals surface area (Å²) in [6, 6.07) is 3.30. The lowest BCUT2D eigenvalue weighted by molar-refractivity contribution is 0.0948. The Bertz CT molecular complexity index is 332. The largest absolute Gasteiger partial charge is 0.489 e. The first-order chi connectivity index (χ1) is 6.79. The fourth-order valence-corrected chi connectivity index (χ4v) is 1.04. The Kier molecular flexibility index (Phi) is 2.32. The molecule has 5 heteroatoms. The normalized spacial score (nSPS) is 14.9. The molecule has 1 aliphatic carbocycles. The molecule has 1 aromatic rings. The third-order valence-corrected chi connectivity index (χ3v) is 1.93. The zero-order valence-electron chi connectivity index (χ0n) is 7.56. The zero-order valence-corrected chi connectivity index (χ0v) is 7.56.